The summed E-state index contributed by atoms with van der Waals surface area (Å²) in [4.78, 5) is 35.7. The Morgan fingerprint density at radius 2 is 2.10 bits per heavy atom. The zero-order chi connectivity index (χ0) is 15.5. The zero-order valence-electron chi connectivity index (χ0n) is 11.5. The van der Waals surface area contributed by atoms with Crippen LogP contribution in [-0.4, -0.2) is 34.2 Å². The Bertz CT molecular complexity index is 590. The van der Waals surface area contributed by atoms with E-state index in [2.05, 4.69) is 10.6 Å². The molecule has 1 aromatic carbocycles. The Hall–Kier alpha value is -2.02. The molecule has 1 heterocycles. The van der Waals surface area contributed by atoms with Crippen molar-refractivity contribution < 1.29 is 19.5 Å². The number of benzene rings is 1. The third-order valence-corrected chi connectivity index (χ3v) is 4.52. The zero-order valence-corrected chi connectivity index (χ0v) is 12.3. The second-order valence-corrected chi connectivity index (χ2v) is 6.30. The van der Waals surface area contributed by atoms with Crippen molar-refractivity contribution in [3.05, 3.63) is 24.3 Å². The van der Waals surface area contributed by atoms with Crippen molar-refractivity contribution in [2.45, 2.75) is 29.4 Å². The van der Waals surface area contributed by atoms with Crippen molar-refractivity contribution in [2.75, 3.05) is 11.9 Å². The number of rotatable bonds is 5. The standard InChI is InChI=1S/C14H16N2O4S/c1-14(12(19)15-8-4-7-11(17)18)13(20)16-9-5-2-3-6-10(9)21-14/h2-3,5-6H,4,7-8H2,1H3,(H,15,19)(H,16,20)(H,17,18). The molecular formula is C14H16N2O4S. The molecule has 2 amide bonds. The highest BCUT2D eigenvalue weighted by Crippen LogP contribution is 2.42. The third kappa shape index (κ3) is 3.36. The second kappa shape index (κ2) is 6.17. The van der Waals surface area contributed by atoms with Crippen LogP contribution in [0.5, 0.6) is 0 Å². The molecule has 2 rings (SSSR count). The van der Waals surface area contributed by atoms with Crippen LogP contribution in [0, 0.1) is 0 Å². The van der Waals surface area contributed by atoms with Crippen LogP contribution in [0.3, 0.4) is 0 Å². The number of amides is 2. The molecule has 1 unspecified atom stereocenters. The van der Waals surface area contributed by atoms with E-state index in [-0.39, 0.29) is 18.9 Å². The largest absolute Gasteiger partial charge is 0.481 e. The molecule has 0 spiro atoms. The van der Waals surface area contributed by atoms with Gasteiger partial charge in [0.05, 0.1) is 5.69 Å². The number of carbonyl (C=O) groups excluding carboxylic acids is 2. The van der Waals surface area contributed by atoms with Crippen LogP contribution >= 0.6 is 11.8 Å². The van der Waals surface area contributed by atoms with Crippen LogP contribution in [-0.2, 0) is 14.4 Å². The summed E-state index contributed by atoms with van der Waals surface area (Å²) in [5.74, 6) is -1.69. The highest BCUT2D eigenvalue weighted by Gasteiger charge is 2.45. The van der Waals surface area contributed by atoms with Gasteiger partial charge in [0.25, 0.3) is 0 Å². The molecule has 1 aliphatic heterocycles. The molecule has 0 saturated heterocycles. The third-order valence-electron chi connectivity index (χ3n) is 3.17. The maximum absolute atomic E-state index is 12.2. The Kier molecular flexibility index (Phi) is 4.52. The fourth-order valence-electron chi connectivity index (χ4n) is 1.93. The van der Waals surface area contributed by atoms with Gasteiger partial charge in [-0.05, 0) is 25.5 Å². The van der Waals surface area contributed by atoms with Gasteiger partial charge in [-0.25, -0.2) is 0 Å². The van der Waals surface area contributed by atoms with Gasteiger partial charge < -0.3 is 15.7 Å². The van der Waals surface area contributed by atoms with E-state index in [1.165, 1.54) is 11.8 Å². The SMILES string of the molecule is CC1(C(=O)NCCCC(=O)O)Sc2ccccc2NC1=O. The highest BCUT2D eigenvalue weighted by molar-refractivity contribution is 8.02. The highest BCUT2D eigenvalue weighted by atomic mass is 32.2. The molecule has 0 radical (unpaired) electrons. The summed E-state index contributed by atoms with van der Waals surface area (Å²) in [5.41, 5.74) is 0.698. The number of hydrogen-bond acceptors (Lipinski definition) is 4. The first kappa shape index (κ1) is 15.4. The Morgan fingerprint density at radius 1 is 1.38 bits per heavy atom. The number of carbonyl (C=O) groups is 3. The molecule has 0 saturated carbocycles. The minimum Gasteiger partial charge on any atom is -0.481 e. The van der Waals surface area contributed by atoms with Crippen molar-refractivity contribution in [1.82, 2.24) is 5.32 Å². The van der Waals surface area contributed by atoms with E-state index < -0.39 is 16.6 Å². The van der Waals surface area contributed by atoms with Crippen LogP contribution in [0.15, 0.2) is 29.2 Å². The number of fused-ring (bicyclic) bond motifs is 1. The number of hydrogen-bond donors (Lipinski definition) is 3. The van der Waals surface area contributed by atoms with Crippen molar-refractivity contribution >= 4 is 35.2 Å². The summed E-state index contributed by atoms with van der Waals surface area (Å²) >= 11 is 1.20. The van der Waals surface area contributed by atoms with Gasteiger partial charge in [0.1, 0.15) is 0 Å². The molecular weight excluding hydrogens is 292 g/mol. The summed E-state index contributed by atoms with van der Waals surface area (Å²) in [6.45, 7) is 1.80. The van der Waals surface area contributed by atoms with Gasteiger partial charge in [-0.3, -0.25) is 14.4 Å². The Labute approximate surface area is 126 Å². The number of aliphatic carboxylic acids is 1. The summed E-state index contributed by atoms with van der Waals surface area (Å²) < 4.78 is -1.25. The smallest absolute Gasteiger partial charge is 0.303 e. The fourth-order valence-corrected chi connectivity index (χ4v) is 3.05. The molecule has 0 fully saturated rings. The number of thioether (sulfide) groups is 1. The molecule has 7 heteroatoms. The van der Waals surface area contributed by atoms with Gasteiger partial charge in [0.15, 0.2) is 4.75 Å². The lowest BCUT2D eigenvalue weighted by molar-refractivity contribution is -0.137. The predicted octanol–water partition coefficient (Wildman–Crippen LogP) is 1.47. The first-order chi connectivity index (χ1) is 9.93. The fraction of sp³-hybridized carbons (Fsp3) is 0.357. The molecule has 112 valence electrons. The van der Waals surface area contributed by atoms with E-state index >= 15 is 0 Å². The average Bonchev–Trinajstić information content (AvgIpc) is 2.44. The topological polar surface area (TPSA) is 95.5 Å². The van der Waals surface area contributed by atoms with Crippen LogP contribution in [0.2, 0.25) is 0 Å². The summed E-state index contributed by atoms with van der Waals surface area (Å²) in [7, 11) is 0. The minimum atomic E-state index is -1.25. The molecule has 1 aromatic rings. The molecule has 1 aliphatic rings. The van der Waals surface area contributed by atoms with E-state index in [0.29, 0.717) is 12.1 Å². The number of nitrogens with one attached hydrogen (secondary N) is 2. The lowest BCUT2D eigenvalue weighted by atomic mass is 10.1. The van der Waals surface area contributed by atoms with E-state index in [4.69, 9.17) is 5.11 Å². The predicted molar refractivity (Wildman–Crippen MR) is 79.2 cm³/mol. The lowest BCUT2D eigenvalue weighted by Crippen LogP contribution is -2.52. The maximum Gasteiger partial charge on any atom is 0.303 e. The van der Waals surface area contributed by atoms with E-state index in [1.54, 1.807) is 13.0 Å². The number of para-hydroxylation sites is 1. The first-order valence-electron chi connectivity index (χ1n) is 6.53. The summed E-state index contributed by atoms with van der Waals surface area (Å²) in [5, 5.41) is 13.9. The van der Waals surface area contributed by atoms with Gasteiger partial charge in [-0.1, -0.05) is 23.9 Å². The number of carboxylic acids is 1. The van der Waals surface area contributed by atoms with Gasteiger partial charge >= 0.3 is 5.97 Å². The molecule has 1 atom stereocenters. The monoisotopic (exact) mass is 308 g/mol. The molecule has 0 aliphatic carbocycles. The Morgan fingerprint density at radius 3 is 2.81 bits per heavy atom. The summed E-state index contributed by atoms with van der Waals surface area (Å²) in [6.07, 6.45) is 0.319. The van der Waals surface area contributed by atoms with Crippen molar-refractivity contribution in [3.63, 3.8) is 0 Å². The molecule has 21 heavy (non-hydrogen) atoms. The lowest BCUT2D eigenvalue weighted by Gasteiger charge is -2.31. The van der Waals surface area contributed by atoms with Crippen LogP contribution in [0.25, 0.3) is 0 Å². The van der Waals surface area contributed by atoms with Gasteiger partial charge in [0.2, 0.25) is 11.8 Å². The normalized spacial score (nSPS) is 20.3. The first-order valence-corrected chi connectivity index (χ1v) is 7.35. The molecule has 0 aromatic heterocycles. The number of carboxylic acid groups (broad SMARTS) is 1. The molecule has 3 N–H and O–H groups in total. The van der Waals surface area contributed by atoms with Gasteiger partial charge in [-0.2, -0.15) is 0 Å². The second-order valence-electron chi connectivity index (χ2n) is 4.84. The van der Waals surface area contributed by atoms with Gasteiger partial charge in [-0.15, -0.1) is 0 Å². The van der Waals surface area contributed by atoms with Crippen LogP contribution < -0.4 is 10.6 Å². The molecule has 0 bridgehead atoms. The van der Waals surface area contributed by atoms with Gasteiger partial charge in [0, 0.05) is 17.9 Å². The van der Waals surface area contributed by atoms with Crippen molar-refractivity contribution in [1.29, 1.82) is 0 Å². The van der Waals surface area contributed by atoms with Crippen LogP contribution in [0.4, 0.5) is 5.69 Å². The minimum absolute atomic E-state index is 0.0147. The maximum atomic E-state index is 12.2. The van der Waals surface area contributed by atoms with Crippen LogP contribution in [0.1, 0.15) is 19.8 Å². The van der Waals surface area contributed by atoms with Crippen molar-refractivity contribution in [2.24, 2.45) is 0 Å². The van der Waals surface area contributed by atoms with Crippen molar-refractivity contribution in [3.8, 4) is 0 Å². The summed E-state index contributed by atoms with van der Waals surface area (Å²) in [6, 6.07) is 7.28. The quantitative estimate of drug-likeness (QED) is 0.565. The van der Waals surface area contributed by atoms with E-state index in [0.717, 1.165) is 4.90 Å². The van der Waals surface area contributed by atoms with E-state index in [1.807, 2.05) is 18.2 Å². The molecule has 6 nitrogen and oxygen atoms in total. The average molecular weight is 308 g/mol. The number of anilines is 1. The Balaban J connectivity index is 2.02. The van der Waals surface area contributed by atoms with E-state index in [9.17, 15) is 14.4 Å².